The first kappa shape index (κ1) is 22.8. The van der Waals surface area contributed by atoms with Crippen molar-refractivity contribution in [2.75, 3.05) is 6.35 Å². The van der Waals surface area contributed by atoms with Gasteiger partial charge in [-0.2, -0.15) is 0 Å². The number of ether oxygens (including phenoxy) is 2. The number of alkyl carbamates (subject to hydrolysis) is 1. The zero-order chi connectivity index (χ0) is 20.8. The minimum Gasteiger partial charge on any atom is -0.484 e. The summed E-state index contributed by atoms with van der Waals surface area (Å²) in [6, 6.07) is 9.15. The first-order chi connectivity index (χ1) is 13.0. The quantitative estimate of drug-likeness (QED) is 0.606. The number of hydrogen-bond acceptors (Lipinski definition) is 4. The highest BCUT2D eigenvalue weighted by atomic mass is 31.2. The topological polar surface area (TPSA) is 84.9 Å². The Kier molecular flexibility index (Phi) is 7.97. The van der Waals surface area contributed by atoms with Gasteiger partial charge < -0.3 is 19.7 Å². The smallest absolute Gasteiger partial charge is 0.407 e. The van der Waals surface area contributed by atoms with Crippen LogP contribution in [0.3, 0.4) is 0 Å². The first-order valence-electron chi connectivity index (χ1n) is 10.0. The molecule has 0 aromatic heterocycles. The van der Waals surface area contributed by atoms with E-state index >= 15 is 0 Å². The van der Waals surface area contributed by atoms with Gasteiger partial charge in [-0.3, -0.25) is 4.57 Å². The lowest BCUT2D eigenvalue weighted by molar-refractivity contribution is 0.0500. The van der Waals surface area contributed by atoms with Gasteiger partial charge in [-0.05, 0) is 77.8 Å². The van der Waals surface area contributed by atoms with Crippen LogP contribution in [0.5, 0.6) is 5.75 Å². The first-order valence-corrected chi connectivity index (χ1v) is 12.0. The van der Waals surface area contributed by atoms with Crippen molar-refractivity contribution in [3.8, 4) is 5.75 Å². The Balaban J connectivity index is 1.74. The molecule has 6 nitrogen and oxygen atoms in total. The number of hydrogen-bond donors (Lipinski definition) is 2. The van der Waals surface area contributed by atoms with Gasteiger partial charge in [-0.25, -0.2) is 4.79 Å². The highest BCUT2D eigenvalue weighted by Gasteiger charge is 2.35. The van der Waals surface area contributed by atoms with Gasteiger partial charge in [0.15, 0.2) is 6.35 Å². The summed E-state index contributed by atoms with van der Waals surface area (Å²) in [4.78, 5) is 22.3. The average molecular weight is 411 g/mol. The molecule has 0 spiro atoms. The molecule has 2 rings (SSSR count). The second-order valence-corrected chi connectivity index (χ2v) is 11.3. The van der Waals surface area contributed by atoms with E-state index in [1.165, 1.54) is 0 Å². The fourth-order valence-electron chi connectivity index (χ4n) is 3.64. The van der Waals surface area contributed by atoms with Crippen molar-refractivity contribution in [2.24, 2.45) is 5.92 Å². The lowest BCUT2D eigenvalue weighted by Crippen LogP contribution is -2.39. The predicted molar refractivity (Wildman–Crippen MR) is 111 cm³/mol. The van der Waals surface area contributed by atoms with Crippen molar-refractivity contribution in [2.45, 2.75) is 77.1 Å². The van der Waals surface area contributed by atoms with Gasteiger partial charge in [0.2, 0.25) is 7.37 Å². The van der Waals surface area contributed by atoms with Gasteiger partial charge in [-0.15, -0.1) is 0 Å². The number of amides is 1. The SMILES string of the molecule is C[C@H](CC1CCC(P(=O)(O)COc2ccccc2)CC1)NC(=O)OC(C)(C)C. The van der Waals surface area contributed by atoms with Crippen LogP contribution < -0.4 is 10.1 Å². The molecule has 1 amide bonds. The van der Waals surface area contributed by atoms with Crippen molar-refractivity contribution in [3.05, 3.63) is 30.3 Å². The molecule has 1 unspecified atom stereocenters. The number of para-hydroxylation sites is 1. The molecule has 28 heavy (non-hydrogen) atoms. The van der Waals surface area contributed by atoms with Crippen LogP contribution in [-0.4, -0.2) is 34.6 Å². The molecular weight excluding hydrogens is 377 g/mol. The molecule has 1 aliphatic carbocycles. The maximum absolute atomic E-state index is 12.7. The third-order valence-electron chi connectivity index (χ3n) is 5.00. The number of carbonyl (C=O) groups excluding carboxylic acids is 1. The molecule has 0 bridgehead atoms. The Morgan fingerprint density at radius 1 is 1.21 bits per heavy atom. The highest BCUT2D eigenvalue weighted by molar-refractivity contribution is 7.58. The Labute approximate surface area is 168 Å². The van der Waals surface area contributed by atoms with E-state index in [1.807, 2.05) is 45.9 Å². The summed E-state index contributed by atoms with van der Waals surface area (Å²) in [6.07, 6.45) is 3.53. The number of benzene rings is 1. The molecule has 7 heteroatoms. The average Bonchev–Trinajstić information content (AvgIpc) is 2.59. The molecular formula is C21H34NO5P. The van der Waals surface area contributed by atoms with E-state index in [-0.39, 0.29) is 18.0 Å². The summed E-state index contributed by atoms with van der Waals surface area (Å²) in [6.45, 7) is 7.49. The van der Waals surface area contributed by atoms with Crippen LogP contribution in [0.25, 0.3) is 0 Å². The van der Waals surface area contributed by atoms with Crippen LogP contribution >= 0.6 is 7.37 Å². The molecule has 2 N–H and O–H groups in total. The van der Waals surface area contributed by atoms with Gasteiger partial charge in [-0.1, -0.05) is 18.2 Å². The maximum atomic E-state index is 12.7. The Bertz CT molecular complexity index is 665. The lowest BCUT2D eigenvalue weighted by Gasteiger charge is -2.32. The molecule has 1 aromatic rings. The standard InChI is InChI=1S/C21H34NO5P/c1-16(22-20(23)27-21(2,3)4)14-17-10-12-19(13-11-17)28(24,25)15-26-18-8-6-5-7-9-18/h5-9,16-17,19H,10-15H2,1-4H3,(H,22,23)(H,24,25)/t16-,17?,19?/m1/s1. The van der Waals surface area contributed by atoms with Crippen LogP contribution in [0.4, 0.5) is 4.79 Å². The molecule has 0 aliphatic heterocycles. The second kappa shape index (κ2) is 9.80. The van der Waals surface area contributed by atoms with Crippen molar-refractivity contribution in [1.29, 1.82) is 0 Å². The third kappa shape index (κ3) is 7.84. The number of carbonyl (C=O) groups is 1. The minimum absolute atomic E-state index is 0.0127. The fourth-order valence-corrected chi connectivity index (χ4v) is 5.29. The zero-order valence-corrected chi connectivity index (χ0v) is 18.3. The molecule has 158 valence electrons. The Morgan fingerprint density at radius 2 is 1.82 bits per heavy atom. The van der Waals surface area contributed by atoms with E-state index in [2.05, 4.69) is 5.32 Å². The molecule has 0 saturated heterocycles. The summed E-state index contributed by atoms with van der Waals surface area (Å²) < 4.78 is 23.5. The number of nitrogens with one attached hydrogen (secondary N) is 1. The molecule has 1 aliphatic rings. The van der Waals surface area contributed by atoms with Crippen molar-refractivity contribution in [3.63, 3.8) is 0 Å². The van der Waals surface area contributed by atoms with Crippen LogP contribution in [0, 0.1) is 5.92 Å². The van der Waals surface area contributed by atoms with Gasteiger partial charge in [0.1, 0.15) is 11.4 Å². The third-order valence-corrected chi connectivity index (χ3v) is 7.15. The summed E-state index contributed by atoms with van der Waals surface area (Å²) in [5.74, 6) is 1.06. The molecule has 2 atom stereocenters. The van der Waals surface area contributed by atoms with E-state index in [0.29, 0.717) is 11.7 Å². The van der Waals surface area contributed by atoms with E-state index < -0.39 is 19.1 Å². The normalized spacial score (nSPS) is 23.3. The van der Waals surface area contributed by atoms with Gasteiger partial charge >= 0.3 is 6.09 Å². The van der Waals surface area contributed by atoms with Crippen LogP contribution in [0.15, 0.2) is 30.3 Å². The Morgan fingerprint density at radius 3 is 2.39 bits per heavy atom. The van der Waals surface area contributed by atoms with E-state index in [0.717, 1.165) is 32.1 Å². The number of rotatable bonds is 7. The van der Waals surface area contributed by atoms with E-state index in [4.69, 9.17) is 9.47 Å². The van der Waals surface area contributed by atoms with Crippen LogP contribution in [-0.2, 0) is 9.30 Å². The summed E-state index contributed by atoms with van der Waals surface area (Å²) >= 11 is 0. The van der Waals surface area contributed by atoms with Crippen molar-refractivity contribution >= 4 is 13.5 Å². The van der Waals surface area contributed by atoms with Gasteiger partial charge in [0.25, 0.3) is 0 Å². The van der Waals surface area contributed by atoms with Crippen molar-refractivity contribution < 1.29 is 23.7 Å². The largest absolute Gasteiger partial charge is 0.484 e. The molecule has 1 aromatic carbocycles. The van der Waals surface area contributed by atoms with Crippen molar-refractivity contribution in [1.82, 2.24) is 5.32 Å². The van der Waals surface area contributed by atoms with Crippen LogP contribution in [0.2, 0.25) is 0 Å². The Hall–Kier alpha value is -1.52. The van der Waals surface area contributed by atoms with Gasteiger partial charge in [0.05, 0.1) is 0 Å². The fraction of sp³-hybridized carbons (Fsp3) is 0.667. The zero-order valence-electron chi connectivity index (χ0n) is 17.4. The van der Waals surface area contributed by atoms with Crippen LogP contribution in [0.1, 0.15) is 59.8 Å². The lowest BCUT2D eigenvalue weighted by atomic mass is 9.85. The summed E-state index contributed by atoms with van der Waals surface area (Å²) in [5, 5.41) is 2.88. The van der Waals surface area contributed by atoms with E-state index in [1.54, 1.807) is 12.1 Å². The monoisotopic (exact) mass is 411 g/mol. The molecule has 0 radical (unpaired) electrons. The molecule has 1 fully saturated rings. The minimum atomic E-state index is -3.35. The summed E-state index contributed by atoms with van der Waals surface area (Å²) in [7, 11) is -3.35. The molecule has 1 saturated carbocycles. The molecule has 0 heterocycles. The highest BCUT2D eigenvalue weighted by Crippen LogP contribution is 2.52. The predicted octanol–water partition coefficient (Wildman–Crippen LogP) is 5.16. The van der Waals surface area contributed by atoms with E-state index in [9.17, 15) is 14.3 Å². The van der Waals surface area contributed by atoms with Gasteiger partial charge in [0, 0.05) is 11.7 Å². The second-order valence-electron chi connectivity index (χ2n) is 8.80. The maximum Gasteiger partial charge on any atom is 0.407 e. The summed E-state index contributed by atoms with van der Waals surface area (Å²) in [5.41, 5.74) is -0.715.